The standard InChI is InChI=1S/C15H12FN5/c1-8-9(2)21(15-13(8)14(18)19-7-20-15)12-4-3-10(6-17)5-11(12)16/h3-5,7H,1-2H3,(H2,18,19,20). The van der Waals surface area contributed by atoms with Gasteiger partial charge < -0.3 is 5.73 Å². The second-order valence-electron chi connectivity index (χ2n) is 4.78. The maximum atomic E-state index is 14.3. The lowest BCUT2D eigenvalue weighted by Gasteiger charge is -2.09. The Morgan fingerprint density at radius 2 is 2.05 bits per heavy atom. The lowest BCUT2D eigenvalue weighted by Crippen LogP contribution is -2.02. The lowest BCUT2D eigenvalue weighted by atomic mass is 10.2. The number of rotatable bonds is 1. The van der Waals surface area contributed by atoms with E-state index in [9.17, 15) is 4.39 Å². The molecule has 6 heteroatoms. The van der Waals surface area contributed by atoms with Gasteiger partial charge in [-0.15, -0.1) is 0 Å². The number of hydrogen-bond acceptors (Lipinski definition) is 4. The van der Waals surface area contributed by atoms with Crippen LogP contribution in [0.25, 0.3) is 16.7 Å². The van der Waals surface area contributed by atoms with E-state index in [4.69, 9.17) is 11.0 Å². The van der Waals surface area contributed by atoms with Crippen LogP contribution in [0.3, 0.4) is 0 Å². The van der Waals surface area contributed by atoms with E-state index in [0.717, 1.165) is 16.6 Å². The van der Waals surface area contributed by atoms with Crippen molar-refractivity contribution in [1.29, 1.82) is 5.26 Å². The molecule has 3 aromatic rings. The van der Waals surface area contributed by atoms with Gasteiger partial charge in [-0.05, 0) is 37.6 Å². The first-order valence-electron chi connectivity index (χ1n) is 6.32. The number of nitrogen functional groups attached to an aromatic ring is 1. The molecule has 0 bridgehead atoms. The highest BCUT2D eigenvalue weighted by Crippen LogP contribution is 2.30. The molecule has 0 atom stereocenters. The first-order valence-corrected chi connectivity index (χ1v) is 6.32. The van der Waals surface area contributed by atoms with Crippen LogP contribution in [-0.2, 0) is 0 Å². The van der Waals surface area contributed by atoms with Gasteiger partial charge in [-0.3, -0.25) is 4.57 Å². The molecule has 0 amide bonds. The highest BCUT2D eigenvalue weighted by atomic mass is 19.1. The number of benzene rings is 1. The summed E-state index contributed by atoms with van der Waals surface area (Å²) in [6, 6.07) is 6.27. The number of anilines is 1. The summed E-state index contributed by atoms with van der Waals surface area (Å²) in [6.45, 7) is 3.77. The summed E-state index contributed by atoms with van der Waals surface area (Å²) in [5.41, 5.74) is 8.81. The molecule has 0 radical (unpaired) electrons. The molecule has 0 saturated carbocycles. The van der Waals surface area contributed by atoms with Gasteiger partial charge in [0.25, 0.3) is 0 Å². The Kier molecular flexibility index (Phi) is 2.84. The highest BCUT2D eigenvalue weighted by Gasteiger charge is 2.18. The summed E-state index contributed by atoms with van der Waals surface area (Å²) >= 11 is 0. The predicted octanol–water partition coefficient (Wildman–Crippen LogP) is 2.63. The average Bonchev–Trinajstić information content (AvgIpc) is 2.72. The smallest absolute Gasteiger partial charge is 0.150 e. The Balaban J connectivity index is 2.39. The minimum Gasteiger partial charge on any atom is -0.383 e. The van der Waals surface area contributed by atoms with Crippen LogP contribution in [0.15, 0.2) is 24.5 Å². The first kappa shape index (κ1) is 13.1. The normalized spacial score (nSPS) is 10.8. The van der Waals surface area contributed by atoms with Gasteiger partial charge in [0.05, 0.1) is 22.7 Å². The summed E-state index contributed by atoms with van der Waals surface area (Å²) in [5.74, 6) is -0.111. The van der Waals surface area contributed by atoms with Crippen LogP contribution in [-0.4, -0.2) is 14.5 Å². The minimum absolute atomic E-state index is 0.274. The van der Waals surface area contributed by atoms with Gasteiger partial charge in [0.15, 0.2) is 5.65 Å². The molecule has 5 nitrogen and oxygen atoms in total. The van der Waals surface area contributed by atoms with E-state index in [0.29, 0.717) is 17.2 Å². The number of hydrogen-bond donors (Lipinski definition) is 1. The summed E-state index contributed by atoms with van der Waals surface area (Å²) in [7, 11) is 0. The molecule has 0 fully saturated rings. The average molecular weight is 281 g/mol. The molecule has 21 heavy (non-hydrogen) atoms. The van der Waals surface area contributed by atoms with Crippen LogP contribution in [0.4, 0.5) is 10.2 Å². The van der Waals surface area contributed by atoms with Crippen molar-refractivity contribution in [3.63, 3.8) is 0 Å². The monoisotopic (exact) mass is 281 g/mol. The summed E-state index contributed by atoms with van der Waals surface area (Å²) in [4.78, 5) is 8.21. The van der Waals surface area contributed by atoms with Crippen molar-refractivity contribution in [3.05, 3.63) is 47.2 Å². The van der Waals surface area contributed by atoms with Crippen molar-refractivity contribution >= 4 is 16.9 Å². The summed E-state index contributed by atoms with van der Waals surface area (Å²) < 4.78 is 16.0. The number of fused-ring (bicyclic) bond motifs is 1. The molecule has 3 rings (SSSR count). The van der Waals surface area contributed by atoms with Crippen LogP contribution >= 0.6 is 0 Å². The molecule has 0 aliphatic carbocycles. The number of nitrogens with zero attached hydrogens (tertiary/aromatic N) is 4. The summed E-state index contributed by atoms with van der Waals surface area (Å²) in [6.07, 6.45) is 1.36. The lowest BCUT2D eigenvalue weighted by molar-refractivity contribution is 0.617. The topological polar surface area (TPSA) is 80.5 Å². The molecule has 0 aliphatic heterocycles. The fraction of sp³-hybridized carbons (Fsp3) is 0.133. The van der Waals surface area contributed by atoms with Crippen molar-refractivity contribution in [1.82, 2.24) is 14.5 Å². The van der Waals surface area contributed by atoms with Gasteiger partial charge in [-0.25, -0.2) is 14.4 Å². The molecule has 0 spiro atoms. The van der Waals surface area contributed by atoms with Gasteiger partial charge in [0.2, 0.25) is 0 Å². The zero-order chi connectivity index (χ0) is 15.1. The first-order chi connectivity index (χ1) is 10.0. The maximum Gasteiger partial charge on any atom is 0.150 e. The van der Waals surface area contributed by atoms with E-state index in [1.807, 2.05) is 19.9 Å². The second-order valence-corrected chi connectivity index (χ2v) is 4.78. The van der Waals surface area contributed by atoms with Crippen LogP contribution in [0.5, 0.6) is 0 Å². The molecule has 2 N–H and O–H groups in total. The number of aromatic nitrogens is 3. The molecule has 0 saturated heterocycles. The van der Waals surface area contributed by atoms with Crippen LogP contribution in [0.1, 0.15) is 16.8 Å². The van der Waals surface area contributed by atoms with Crippen LogP contribution in [0, 0.1) is 31.0 Å². The molecule has 2 aromatic heterocycles. The van der Waals surface area contributed by atoms with Crippen molar-refractivity contribution in [2.75, 3.05) is 5.73 Å². The maximum absolute atomic E-state index is 14.3. The second kappa shape index (κ2) is 4.56. The quantitative estimate of drug-likeness (QED) is 0.743. The van der Waals surface area contributed by atoms with E-state index in [2.05, 4.69) is 9.97 Å². The Morgan fingerprint density at radius 3 is 2.71 bits per heavy atom. The molecule has 0 aliphatic rings. The fourth-order valence-corrected chi connectivity index (χ4v) is 2.48. The Hall–Kier alpha value is -2.94. The highest BCUT2D eigenvalue weighted by molar-refractivity contribution is 5.92. The third-order valence-corrected chi connectivity index (χ3v) is 3.64. The van der Waals surface area contributed by atoms with Gasteiger partial charge in [0, 0.05) is 5.69 Å². The third-order valence-electron chi connectivity index (χ3n) is 3.64. The van der Waals surface area contributed by atoms with Crippen molar-refractivity contribution in [3.8, 4) is 11.8 Å². The zero-order valence-electron chi connectivity index (χ0n) is 11.6. The van der Waals surface area contributed by atoms with E-state index in [1.54, 1.807) is 16.7 Å². The number of aryl methyl sites for hydroxylation is 1. The SMILES string of the molecule is Cc1c(C)n(-c2ccc(C#N)cc2F)c2ncnc(N)c12. The van der Waals surface area contributed by atoms with Crippen LogP contribution in [0.2, 0.25) is 0 Å². The van der Waals surface area contributed by atoms with E-state index in [-0.39, 0.29) is 5.56 Å². The summed E-state index contributed by atoms with van der Waals surface area (Å²) in [5, 5.41) is 9.55. The molecule has 0 unspecified atom stereocenters. The molecular weight excluding hydrogens is 269 g/mol. The largest absolute Gasteiger partial charge is 0.383 e. The van der Waals surface area contributed by atoms with E-state index in [1.165, 1.54) is 12.4 Å². The van der Waals surface area contributed by atoms with Gasteiger partial charge >= 0.3 is 0 Å². The van der Waals surface area contributed by atoms with Crippen molar-refractivity contribution < 1.29 is 4.39 Å². The molecule has 1 aromatic carbocycles. The van der Waals surface area contributed by atoms with E-state index < -0.39 is 5.82 Å². The molecule has 104 valence electrons. The predicted molar refractivity (Wildman–Crippen MR) is 77.4 cm³/mol. The van der Waals surface area contributed by atoms with Crippen molar-refractivity contribution in [2.24, 2.45) is 0 Å². The van der Waals surface area contributed by atoms with Crippen LogP contribution < -0.4 is 5.73 Å². The Labute approximate surface area is 120 Å². The fourth-order valence-electron chi connectivity index (χ4n) is 2.48. The molecular formula is C15H12FN5. The van der Waals surface area contributed by atoms with Gasteiger partial charge in [-0.1, -0.05) is 0 Å². The number of nitriles is 1. The zero-order valence-corrected chi connectivity index (χ0v) is 11.6. The third kappa shape index (κ3) is 1.82. The number of halogens is 1. The minimum atomic E-state index is -0.480. The Morgan fingerprint density at radius 1 is 1.29 bits per heavy atom. The van der Waals surface area contributed by atoms with Gasteiger partial charge in [-0.2, -0.15) is 5.26 Å². The van der Waals surface area contributed by atoms with E-state index >= 15 is 0 Å². The number of nitrogens with two attached hydrogens (primary N) is 1. The Bertz CT molecular complexity index is 905. The van der Waals surface area contributed by atoms with Gasteiger partial charge in [0.1, 0.15) is 18.0 Å². The van der Waals surface area contributed by atoms with Crippen molar-refractivity contribution in [2.45, 2.75) is 13.8 Å². The molecule has 2 heterocycles.